The van der Waals surface area contributed by atoms with Gasteiger partial charge < -0.3 is 0 Å². The highest BCUT2D eigenvalue weighted by Crippen LogP contribution is 2.32. The number of halogens is 1. The SMILES string of the molecule is Cc1ccc(Br)cc1S(=O)(=O)Nc1nc2c(s1)CCC2. The number of sulfonamides is 1. The molecule has 0 saturated heterocycles. The maximum absolute atomic E-state index is 12.4. The minimum absolute atomic E-state index is 0.280. The molecule has 106 valence electrons. The summed E-state index contributed by atoms with van der Waals surface area (Å²) in [5.74, 6) is 0. The van der Waals surface area contributed by atoms with Gasteiger partial charge in [0.15, 0.2) is 5.13 Å². The largest absolute Gasteiger partial charge is 0.263 e. The van der Waals surface area contributed by atoms with Crippen molar-refractivity contribution in [3.63, 3.8) is 0 Å². The number of hydrogen-bond donors (Lipinski definition) is 1. The normalized spacial score (nSPS) is 14.3. The standard InChI is InChI=1S/C13H13BrN2O2S2/c1-8-5-6-9(14)7-12(8)20(17,18)16-13-15-10-3-2-4-11(10)19-13/h5-7H,2-4H2,1H3,(H,15,16). The number of anilines is 1. The Hall–Kier alpha value is -0.920. The first kappa shape index (κ1) is 14.0. The maximum atomic E-state index is 12.4. The fraction of sp³-hybridized carbons (Fsp3) is 0.308. The number of aromatic nitrogens is 1. The summed E-state index contributed by atoms with van der Waals surface area (Å²) in [4.78, 5) is 5.85. The Morgan fingerprint density at radius 2 is 2.15 bits per heavy atom. The Labute approximate surface area is 130 Å². The molecule has 0 amide bonds. The van der Waals surface area contributed by atoms with Gasteiger partial charge in [0.2, 0.25) is 0 Å². The lowest BCUT2D eigenvalue weighted by atomic mass is 10.2. The van der Waals surface area contributed by atoms with Gasteiger partial charge in [-0.2, -0.15) is 0 Å². The van der Waals surface area contributed by atoms with Crippen LogP contribution in [0.5, 0.6) is 0 Å². The summed E-state index contributed by atoms with van der Waals surface area (Å²) >= 11 is 4.75. The van der Waals surface area contributed by atoms with Crippen LogP contribution in [-0.4, -0.2) is 13.4 Å². The molecule has 0 spiro atoms. The minimum atomic E-state index is -3.59. The second-order valence-corrected chi connectivity index (χ2v) is 8.41. The first-order valence-corrected chi connectivity index (χ1v) is 9.32. The highest BCUT2D eigenvalue weighted by atomic mass is 79.9. The van der Waals surface area contributed by atoms with Crippen LogP contribution in [0.2, 0.25) is 0 Å². The zero-order chi connectivity index (χ0) is 14.3. The quantitative estimate of drug-likeness (QED) is 0.896. The van der Waals surface area contributed by atoms with Crippen LogP contribution in [0.3, 0.4) is 0 Å². The van der Waals surface area contributed by atoms with E-state index in [0.717, 1.165) is 29.4 Å². The fourth-order valence-corrected chi connectivity index (χ4v) is 5.34. The van der Waals surface area contributed by atoms with Gasteiger partial charge in [-0.3, -0.25) is 4.72 Å². The lowest BCUT2D eigenvalue weighted by Gasteiger charge is -2.08. The minimum Gasteiger partial charge on any atom is -0.255 e. The van der Waals surface area contributed by atoms with Crippen molar-refractivity contribution in [2.24, 2.45) is 0 Å². The van der Waals surface area contributed by atoms with Gasteiger partial charge in [-0.05, 0) is 43.9 Å². The van der Waals surface area contributed by atoms with Gasteiger partial charge >= 0.3 is 0 Å². The third-order valence-corrected chi connectivity index (χ3v) is 6.43. The number of rotatable bonds is 3. The van der Waals surface area contributed by atoms with Crippen molar-refractivity contribution in [3.8, 4) is 0 Å². The molecule has 2 aromatic rings. The summed E-state index contributed by atoms with van der Waals surface area (Å²) in [7, 11) is -3.59. The molecule has 1 aliphatic rings. The van der Waals surface area contributed by atoms with Crippen LogP contribution in [0.25, 0.3) is 0 Å². The molecule has 0 radical (unpaired) electrons. The molecule has 1 aromatic heterocycles. The van der Waals surface area contributed by atoms with Gasteiger partial charge in [0.05, 0.1) is 10.6 Å². The smallest absolute Gasteiger partial charge is 0.255 e. The molecule has 0 unspecified atom stereocenters. The van der Waals surface area contributed by atoms with Crippen LogP contribution < -0.4 is 4.72 Å². The molecule has 0 bridgehead atoms. The van der Waals surface area contributed by atoms with Crippen molar-refractivity contribution >= 4 is 42.4 Å². The van der Waals surface area contributed by atoms with Crippen molar-refractivity contribution in [1.29, 1.82) is 0 Å². The molecular weight excluding hydrogens is 360 g/mol. The van der Waals surface area contributed by atoms with Crippen LogP contribution in [0.15, 0.2) is 27.6 Å². The van der Waals surface area contributed by atoms with E-state index >= 15 is 0 Å². The van der Waals surface area contributed by atoms with Crippen molar-refractivity contribution in [1.82, 2.24) is 4.98 Å². The van der Waals surface area contributed by atoms with Gasteiger partial charge in [-0.1, -0.05) is 22.0 Å². The number of thiazole rings is 1. The van der Waals surface area contributed by atoms with Gasteiger partial charge in [0.25, 0.3) is 10.0 Å². The summed E-state index contributed by atoms with van der Waals surface area (Å²) in [6, 6.07) is 5.21. The summed E-state index contributed by atoms with van der Waals surface area (Å²) < 4.78 is 28.2. The predicted octanol–water partition coefficient (Wildman–Crippen LogP) is 3.50. The second-order valence-electron chi connectivity index (χ2n) is 4.76. The van der Waals surface area contributed by atoms with E-state index in [9.17, 15) is 8.42 Å². The van der Waals surface area contributed by atoms with Crippen LogP contribution in [0, 0.1) is 6.92 Å². The van der Waals surface area contributed by atoms with Gasteiger partial charge in [-0.15, -0.1) is 11.3 Å². The summed E-state index contributed by atoms with van der Waals surface area (Å²) in [5.41, 5.74) is 1.75. The van der Waals surface area contributed by atoms with Crippen molar-refractivity contribution < 1.29 is 8.42 Å². The molecule has 1 N–H and O–H groups in total. The monoisotopic (exact) mass is 372 g/mol. The molecule has 1 heterocycles. The Bertz CT molecular complexity index is 747. The van der Waals surface area contributed by atoms with E-state index in [0.29, 0.717) is 10.7 Å². The topological polar surface area (TPSA) is 59.1 Å². The van der Waals surface area contributed by atoms with Crippen LogP contribution in [0.4, 0.5) is 5.13 Å². The summed E-state index contributed by atoms with van der Waals surface area (Å²) in [6.07, 6.45) is 3.07. The Morgan fingerprint density at radius 1 is 1.35 bits per heavy atom. The van der Waals surface area contributed by atoms with Crippen molar-refractivity contribution in [2.75, 3.05) is 4.72 Å². The molecule has 1 aliphatic carbocycles. The zero-order valence-corrected chi connectivity index (χ0v) is 14.0. The van der Waals surface area contributed by atoms with Gasteiger partial charge in [-0.25, -0.2) is 13.4 Å². The summed E-state index contributed by atoms with van der Waals surface area (Å²) in [6.45, 7) is 1.78. The maximum Gasteiger partial charge on any atom is 0.263 e. The number of fused-ring (bicyclic) bond motifs is 1. The van der Waals surface area contributed by atoms with Crippen LogP contribution in [-0.2, 0) is 22.9 Å². The molecule has 0 fully saturated rings. The number of hydrogen-bond acceptors (Lipinski definition) is 4. The Kier molecular flexibility index (Phi) is 3.60. The van der Waals surface area contributed by atoms with Crippen molar-refractivity contribution in [3.05, 3.63) is 38.8 Å². The molecular formula is C13H13BrN2O2S2. The van der Waals surface area contributed by atoms with E-state index in [4.69, 9.17) is 0 Å². The second kappa shape index (κ2) is 5.13. The fourth-order valence-electron chi connectivity index (χ4n) is 2.27. The first-order chi connectivity index (χ1) is 9.45. The third kappa shape index (κ3) is 2.62. The number of nitrogens with zero attached hydrogens (tertiary/aromatic N) is 1. The summed E-state index contributed by atoms with van der Waals surface area (Å²) in [5, 5.41) is 0.467. The molecule has 3 rings (SSSR count). The molecule has 7 heteroatoms. The van der Waals surface area contributed by atoms with E-state index in [2.05, 4.69) is 25.6 Å². The molecule has 4 nitrogen and oxygen atoms in total. The average molecular weight is 373 g/mol. The average Bonchev–Trinajstić information content (AvgIpc) is 2.92. The predicted molar refractivity (Wildman–Crippen MR) is 83.8 cm³/mol. The van der Waals surface area contributed by atoms with E-state index in [1.807, 2.05) is 6.07 Å². The Morgan fingerprint density at radius 3 is 2.90 bits per heavy atom. The van der Waals surface area contributed by atoms with E-state index in [1.54, 1.807) is 19.1 Å². The third-order valence-electron chi connectivity index (χ3n) is 3.26. The van der Waals surface area contributed by atoms with E-state index in [-0.39, 0.29) is 4.90 Å². The van der Waals surface area contributed by atoms with E-state index < -0.39 is 10.0 Å². The number of nitrogens with one attached hydrogen (secondary N) is 1. The van der Waals surface area contributed by atoms with Gasteiger partial charge in [0, 0.05) is 9.35 Å². The highest BCUT2D eigenvalue weighted by molar-refractivity contribution is 9.10. The molecule has 0 aliphatic heterocycles. The lowest BCUT2D eigenvalue weighted by molar-refractivity contribution is 0.600. The molecule has 1 aromatic carbocycles. The lowest BCUT2D eigenvalue weighted by Crippen LogP contribution is -2.14. The first-order valence-electron chi connectivity index (χ1n) is 6.23. The Balaban J connectivity index is 1.93. The van der Waals surface area contributed by atoms with Crippen LogP contribution in [0.1, 0.15) is 22.6 Å². The van der Waals surface area contributed by atoms with Crippen molar-refractivity contribution in [2.45, 2.75) is 31.1 Å². The number of benzene rings is 1. The van der Waals surface area contributed by atoms with Gasteiger partial charge in [0.1, 0.15) is 0 Å². The number of aryl methyl sites for hydroxylation is 3. The zero-order valence-electron chi connectivity index (χ0n) is 10.8. The molecule has 0 saturated carbocycles. The van der Waals surface area contributed by atoms with E-state index in [1.165, 1.54) is 16.2 Å². The highest BCUT2D eigenvalue weighted by Gasteiger charge is 2.22. The molecule has 0 atom stereocenters. The molecule has 20 heavy (non-hydrogen) atoms. The van der Waals surface area contributed by atoms with Crippen LogP contribution >= 0.6 is 27.3 Å².